The molecule has 0 spiro atoms. The van der Waals surface area contributed by atoms with Crippen molar-refractivity contribution in [1.82, 2.24) is 0 Å². The molecule has 3 aromatic rings. The highest BCUT2D eigenvalue weighted by molar-refractivity contribution is 7.92. The summed E-state index contributed by atoms with van der Waals surface area (Å²) < 4.78 is 52.2. The van der Waals surface area contributed by atoms with Crippen molar-refractivity contribution in [2.24, 2.45) is 0 Å². The Morgan fingerprint density at radius 3 is 2.09 bits per heavy atom. The Morgan fingerprint density at radius 2 is 1.52 bits per heavy atom. The summed E-state index contributed by atoms with van der Waals surface area (Å²) in [6.45, 7) is 1.71. The summed E-state index contributed by atoms with van der Waals surface area (Å²) in [6.07, 6.45) is 1.09. The highest BCUT2D eigenvalue weighted by Crippen LogP contribution is 2.26. The predicted octanol–water partition coefficient (Wildman–Crippen LogP) is 4.10. The summed E-state index contributed by atoms with van der Waals surface area (Å²) >= 11 is 6.05. The molecular formula is C22H22ClN3O5S2. The smallest absolute Gasteiger partial charge is 0.261 e. The molecule has 11 heteroatoms. The van der Waals surface area contributed by atoms with E-state index in [1.807, 2.05) is 0 Å². The number of nitrogens with one attached hydrogen (secondary N) is 2. The zero-order valence-electron chi connectivity index (χ0n) is 18.0. The average molecular weight is 508 g/mol. The highest BCUT2D eigenvalue weighted by Gasteiger charge is 2.17. The van der Waals surface area contributed by atoms with Crippen molar-refractivity contribution < 1.29 is 21.6 Å². The van der Waals surface area contributed by atoms with E-state index in [9.17, 15) is 21.6 Å². The van der Waals surface area contributed by atoms with E-state index in [4.69, 9.17) is 11.6 Å². The van der Waals surface area contributed by atoms with E-state index in [2.05, 4.69) is 10.0 Å². The molecule has 8 nitrogen and oxygen atoms in total. The van der Waals surface area contributed by atoms with E-state index in [1.165, 1.54) is 55.6 Å². The van der Waals surface area contributed by atoms with Crippen LogP contribution in [0.25, 0.3) is 0 Å². The molecule has 174 valence electrons. The van der Waals surface area contributed by atoms with Crippen molar-refractivity contribution in [3.63, 3.8) is 0 Å². The number of carbonyl (C=O) groups is 1. The summed E-state index contributed by atoms with van der Waals surface area (Å²) in [5.41, 5.74) is 2.13. The lowest BCUT2D eigenvalue weighted by Gasteiger charge is -2.16. The molecule has 33 heavy (non-hydrogen) atoms. The molecule has 0 heterocycles. The average Bonchev–Trinajstić information content (AvgIpc) is 2.76. The maximum atomic E-state index is 12.7. The van der Waals surface area contributed by atoms with E-state index in [-0.39, 0.29) is 4.90 Å². The van der Waals surface area contributed by atoms with Crippen LogP contribution in [0.4, 0.5) is 17.1 Å². The molecule has 0 aliphatic heterocycles. The first kappa shape index (κ1) is 24.6. The molecule has 1 amide bonds. The Morgan fingerprint density at radius 1 is 0.909 bits per heavy atom. The van der Waals surface area contributed by atoms with Crippen molar-refractivity contribution in [3.8, 4) is 0 Å². The Balaban J connectivity index is 1.71. The molecule has 2 N–H and O–H groups in total. The second-order valence-electron chi connectivity index (χ2n) is 7.27. The van der Waals surface area contributed by atoms with Crippen LogP contribution in [0.15, 0.2) is 71.6 Å². The fourth-order valence-electron chi connectivity index (χ4n) is 2.86. The first-order valence-corrected chi connectivity index (χ1v) is 13.3. The van der Waals surface area contributed by atoms with E-state index >= 15 is 0 Å². The van der Waals surface area contributed by atoms with Gasteiger partial charge in [-0.3, -0.25) is 13.8 Å². The van der Waals surface area contributed by atoms with Gasteiger partial charge in [-0.05, 0) is 73.2 Å². The molecule has 0 atom stereocenters. The van der Waals surface area contributed by atoms with Gasteiger partial charge in [-0.25, -0.2) is 16.8 Å². The van der Waals surface area contributed by atoms with Gasteiger partial charge in [0, 0.05) is 23.3 Å². The van der Waals surface area contributed by atoms with Crippen LogP contribution in [-0.2, 0) is 20.0 Å². The van der Waals surface area contributed by atoms with Crippen molar-refractivity contribution in [3.05, 3.63) is 82.9 Å². The number of benzene rings is 3. The summed E-state index contributed by atoms with van der Waals surface area (Å²) in [4.78, 5) is 12.5. The highest BCUT2D eigenvalue weighted by atomic mass is 35.5. The van der Waals surface area contributed by atoms with Gasteiger partial charge in [0.05, 0.1) is 22.5 Å². The van der Waals surface area contributed by atoms with Gasteiger partial charge in [-0.15, -0.1) is 0 Å². The molecule has 0 aliphatic carbocycles. The largest absolute Gasteiger partial charge is 0.322 e. The van der Waals surface area contributed by atoms with Crippen molar-refractivity contribution in [2.45, 2.75) is 11.8 Å². The lowest BCUT2D eigenvalue weighted by Crippen LogP contribution is -2.24. The molecule has 0 aliphatic rings. The summed E-state index contributed by atoms with van der Waals surface area (Å²) in [7, 11) is -5.84. The van der Waals surface area contributed by atoms with Gasteiger partial charge in [0.25, 0.3) is 15.9 Å². The first-order valence-electron chi connectivity index (χ1n) is 9.62. The van der Waals surface area contributed by atoms with Gasteiger partial charge in [-0.2, -0.15) is 0 Å². The predicted molar refractivity (Wildman–Crippen MR) is 131 cm³/mol. The van der Waals surface area contributed by atoms with E-state index in [0.29, 0.717) is 33.2 Å². The number of rotatable bonds is 7. The summed E-state index contributed by atoms with van der Waals surface area (Å²) in [5, 5.41) is 3.13. The van der Waals surface area contributed by atoms with Gasteiger partial charge in [0.1, 0.15) is 0 Å². The lowest BCUT2D eigenvalue weighted by atomic mass is 10.2. The van der Waals surface area contributed by atoms with Crippen LogP contribution >= 0.6 is 11.6 Å². The van der Waals surface area contributed by atoms with Gasteiger partial charge in [0.2, 0.25) is 10.0 Å². The Hall–Kier alpha value is -3.08. The summed E-state index contributed by atoms with van der Waals surface area (Å²) in [6, 6.07) is 16.7. The SMILES string of the molecule is Cc1c(Cl)cccc1NS(=O)(=O)c1ccc(NC(=O)c2ccc(N(C)S(C)(=O)=O)cc2)cc1. The molecular weight excluding hydrogens is 486 g/mol. The molecule has 0 aromatic heterocycles. The molecule has 0 bridgehead atoms. The first-order chi connectivity index (χ1) is 15.4. The zero-order valence-corrected chi connectivity index (χ0v) is 20.4. The molecule has 0 saturated heterocycles. The third-order valence-corrected chi connectivity index (χ3v) is 7.92. The van der Waals surface area contributed by atoms with Crippen LogP contribution in [0.1, 0.15) is 15.9 Å². The van der Waals surface area contributed by atoms with Gasteiger partial charge >= 0.3 is 0 Å². The van der Waals surface area contributed by atoms with Crippen LogP contribution in [-0.4, -0.2) is 36.0 Å². The number of amides is 1. The van der Waals surface area contributed by atoms with Crippen molar-refractivity contribution in [1.29, 1.82) is 0 Å². The number of halogens is 1. The number of hydrogen-bond acceptors (Lipinski definition) is 5. The molecule has 0 radical (unpaired) electrons. The lowest BCUT2D eigenvalue weighted by molar-refractivity contribution is 0.102. The van der Waals surface area contributed by atoms with Gasteiger partial charge in [0.15, 0.2) is 0 Å². The number of carbonyl (C=O) groups excluding carboxylic acids is 1. The fraction of sp³-hybridized carbons (Fsp3) is 0.136. The number of anilines is 3. The molecule has 0 fully saturated rings. The third kappa shape index (κ3) is 5.84. The summed E-state index contributed by atoms with van der Waals surface area (Å²) in [5.74, 6) is -0.424. The monoisotopic (exact) mass is 507 g/mol. The minimum atomic E-state index is -3.85. The third-order valence-electron chi connectivity index (χ3n) is 4.93. The van der Waals surface area contributed by atoms with Crippen molar-refractivity contribution in [2.75, 3.05) is 27.6 Å². The molecule has 0 unspecified atom stereocenters. The maximum absolute atomic E-state index is 12.7. The van der Waals surface area contributed by atoms with E-state index in [1.54, 1.807) is 25.1 Å². The van der Waals surface area contributed by atoms with Crippen molar-refractivity contribution >= 4 is 54.6 Å². The van der Waals surface area contributed by atoms with Gasteiger partial charge < -0.3 is 5.32 Å². The Labute approximate surface area is 198 Å². The van der Waals surface area contributed by atoms with Gasteiger partial charge in [-0.1, -0.05) is 17.7 Å². The van der Waals surface area contributed by atoms with Crippen LogP contribution in [0, 0.1) is 6.92 Å². The number of sulfonamides is 2. The Bertz CT molecular complexity index is 1390. The molecule has 3 rings (SSSR count). The second-order valence-corrected chi connectivity index (χ2v) is 11.4. The molecule has 0 saturated carbocycles. The topological polar surface area (TPSA) is 113 Å². The zero-order chi connectivity index (χ0) is 24.4. The maximum Gasteiger partial charge on any atom is 0.261 e. The number of nitrogens with zero attached hydrogens (tertiary/aromatic N) is 1. The van der Waals surface area contributed by atoms with Crippen LogP contribution in [0.2, 0.25) is 5.02 Å². The standard InChI is InChI=1S/C22H22ClN3O5S2/c1-15-20(23)5-4-6-21(15)25-33(30,31)19-13-9-17(10-14-19)24-22(27)16-7-11-18(12-8-16)26(2)32(3,28)29/h4-14,25H,1-3H3,(H,24,27). The minimum absolute atomic E-state index is 0.0213. The Kier molecular flexibility index (Phi) is 7.01. The fourth-order valence-corrected chi connectivity index (χ4v) is 4.66. The van der Waals surface area contributed by atoms with E-state index < -0.39 is 26.0 Å². The minimum Gasteiger partial charge on any atom is -0.322 e. The van der Waals surface area contributed by atoms with Crippen LogP contribution in [0.3, 0.4) is 0 Å². The van der Waals surface area contributed by atoms with E-state index in [0.717, 1.165) is 10.6 Å². The molecule has 3 aromatic carbocycles. The van der Waals surface area contributed by atoms with Crippen LogP contribution < -0.4 is 14.3 Å². The normalized spacial score (nSPS) is 11.6. The van der Waals surface area contributed by atoms with Crippen LogP contribution in [0.5, 0.6) is 0 Å². The number of hydrogen-bond donors (Lipinski definition) is 2. The quantitative estimate of drug-likeness (QED) is 0.500. The second kappa shape index (κ2) is 9.42.